The highest BCUT2D eigenvalue weighted by atomic mass is 16.3. The van der Waals surface area contributed by atoms with Gasteiger partial charge in [0.1, 0.15) is 18.2 Å². The van der Waals surface area contributed by atoms with E-state index in [-0.39, 0.29) is 6.04 Å². The quantitative estimate of drug-likeness (QED) is 0.268. The fourth-order valence-corrected chi connectivity index (χ4v) is 4.33. The van der Waals surface area contributed by atoms with Crippen LogP contribution in [-0.2, 0) is 7.05 Å². The molecule has 0 saturated carbocycles. The summed E-state index contributed by atoms with van der Waals surface area (Å²) >= 11 is 0. The maximum Gasteiger partial charge on any atom is 0.216 e. The van der Waals surface area contributed by atoms with Crippen molar-refractivity contribution in [3.8, 4) is 11.3 Å². The van der Waals surface area contributed by atoms with Crippen LogP contribution in [0.4, 0.5) is 5.69 Å². The number of furan rings is 1. The smallest absolute Gasteiger partial charge is 0.216 e. The Balaban J connectivity index is 2.14. The van der Waals surface area contributed by atoms with E-state index < -0.39 is 12.7 Å². The number of hydrogen-bond donors (Lipinski definition) is 0. The number of benzene rings is 2. The van der Waals surface area contributed by atoms with Gasteiger partial charge in [-0.1, -0.05) is 32.0 Å². The minimum atomic E-state index is -2.55. The van der Waals surface area contributed by atoms with Gasteiger partial charge >= 0.3 is 0 Å². The highest BCUT2D eigenvalue weighted by Crippen LogP contribution is 2.40. The first-order valence-electron chi connectivity index (χ1n) is 12.1. The van der Waals surface area contributed by atoms with Crippen molar-refractivity contribution < 1.29 is 15.8 Å². The first-order valence-corrected chi connectivity index (χ1v) is 9.57. The zero-order valence-electron chi connectivity index (χ0n) is 22.6. The molecule has 0 spiro atoms. The zero-order chi connectivity index (χ0) is 25.3. The van der Waals surface area contributed by atoms with E-state index in [1.807, 2.05) is 32.0 Å². The Morgan fingerprint density at radius 1 is 1.17 bits per heavy atom. The number of pyridine rings is 1. The number of nitrogens with zero attached hydrogens (tertiary/aromatic N) is 2. The molecule has 29 heavy (non-hydrogen) atoms. The average Bonchev–Trinajstić information content (AvgIpc) is 3.12. The Labute approximate surface area is 179 Å². The number of aromatic nitrogens is 1. The maximum absolute atomic E-state index is 9.04. The lowest BCUT2D eigenvalue weighted by molar-refractivity contribution is -0.667. The highest BCUT2D eigenvalue weighted by molar-refractivity contribution is 6.11. The van der Waals surface area contributed by atoms with Crippen LogP contribution in [-0.4, -0.2) is 0 Å². The van der Waals surface area contributed by atoms with Crippen molar-refractivity contribution in [3.63, 3.8) is 0 Å². The van der Waals surface area contributed by atoms with E-state index in [1.54, 1.807) is 31.5 Å². The summed E-state index contributed by atoms with van der Waals surface area (Å²) in [6, 6.07) is 7.73. The predicted molar refractivity (Wildman–Crippen MR) is 120 cm³/mol. The van der Waals surface area contributed by atoms with Gasteiger partial charge in [0.2, 0.25) is 5.69 Å². The van der Waals surface area contributed by atoms with Crippen LogP contribution in [0.1, 0.15) is 54.5 Å². The topological polar surface area (TPSA) is 21.4 Å². The zero-order valence-corrected chi connectivity index (χ0v) is 17.6. The van der Waals surface area contributed by atoms with Gasteiger partial charge in [-0.15, -0.1) is 0 Å². The summed E-state index contributed by atoms with van der Waals surface area (Å²) in [6.45, 7) is 13.6. The van der Waals surface area contributed by atoms with Gasteiger partial charge in [0.05, 0.1) is 13.5 Å². The van der Waals surface area contributed by atoms with Gasteiger partial charge in [-0.2, -0.15) is 4.57 Å². The third-order valence-electron chi connectivity index (χ3n) is 5.75. The van der Waals surface area contributed by atoms with Gasteiger partial charge in [-0.25, -0.2) is 4.85 Å². The minimum absolute atomic E-state index is 0.167. The van der Waals surface area contributed by atoms with Gasteiger partial charge in [-0.05, 0) is 49.4 Å². The molecule has 3 heteroatoms. The second-order valence-corrected chi connectivity index (χ2v) is 7.73. The largest absolute Gasteiger partial charge is 0.456 e. The molecular formula is C26H27N2O+. The van der Waals surface area contributed by atoms with Gasteiger partial charge in [0, 0.05) is 34.8 Å². The van der Waals surface area contributed by atoms with Crippen molar-refractivity contribution in [3.05, 3.63) is 69.7 Å². The molecule has 4 aromatic rings. The van der Waals surface area contributed by atoms with Crippen LogP contribution in [0.15, 0.2) is 34.7 Å². The molecule has 1 atom stereocenters. The van der Waals surface area contributed by atoms with Crippen LogP contribution in [0, 0.1) is 34.3 Å². The lowest BCUT2D eigenvalue weighted by atomic mass is 9.93. The molecule has 4 rings (SSSR count). The normalized spacial score (nSPS) is 16.5. The van der Waals surface area contributed by atoms with E-state index >= 15 is 0 Å². The van der Waals surface area contributed by atoms with Crippen LogP contribution in [0.25, 0.3) is 38.0 Å². The van der Waals surface area contributed by atoms with Crippen molar-refractivity contribution in [1.82, 2.24) is 0 Å². The van der Waals surface area contributed by atoms with Crippen molar-refractivity contribution in [2.24, 2.45) is 7.05 Å². The molecule has 2 aromatic heterocycles. The molecule has 0 fully saturated rings. The van der Waals surface area contributed by atoms with Crippen LogP contribution >= 0.6 is 0 Å². The molecular weight excluding hydrogens is 356 g/mol. The van der Waals surface area contributed by atoms with Crippen LogP contribution in [0.5, 0.6) is 0 Å². The van der Waals surface area contributed by atoms with E-state index in [9.17, 15) is 0 Å². The van der Waals surface area contributed by atoms with Gasteiger partial charge in [-0.3, -0.25) is 0 Å². The van der Waals surface area contributed by atoms with Crippen LogP contribution in [0.3, 0.4) is 0 Å². The molecule has 0 aliphatic heterocycles. The number of aryl methyl sites for hydroxylation is 2. The standard InChI is InChI=1S/C26H27N2O/c1-14(2)23-17(5)12-21(28(8)18(23)6)25-15(3)9-10-20-24-16(4)11-19(27-7)13-22(24)29-26(20)25/h9-14H,1-6,8H3/q+1/i1D3,12D,14D. The monoisotopic (exact) mass is 388 g/mol. The number of rotatable bonds is 2. The molecule has 1 unspecified atom stereocenters. The Bertz CT molecular complexity index is 1510. The molecule has 0 aliphatic rings. The first kappa shape index (κ1) is 14.0. The summed E-state index contributed by atoms with van der Waals surface area (Å²) in [4.78, 5) is 3.55. The third kappa shape index (κ3) is 2.83. The Morgan fingerprint density at radius 3 is 2.62 bits per heavy atom. The van der Waals surface area contributed by atoms with Crippen LogP contribution < -0.4 is 4.57 Å². The number of hydrogen-bond acceptors (Lipinski definition) is 1. The summed E-state index contributed by atoms with van der Waals surface area (Å²) < 4.78 is 49.6. The Kier molecular flexibility index (Phi) is 3.24. The van der Waals surface area contributed by atoms with Crippen LogP contribution in [0.2, 0.25) is 0 Å². The fraction of sp³-hybridized carbons (Fsp3) is 0.308. The first-order chi connectivity index (χ1) is 15.7. The summed E-state index contributed by atoms with van der Waals surface area (Å²) in [5, 5.41) is 1.83. The second kappa shape index (κ2) is 6.74. The van der Waals surface area contributed by atoms with Gasteiger partial charge in [0.25, 0.3) is 0 Å². The van der Waals surface area contributed by atoms with E-state index in [1.165, 1.54) is 6.92 Å². The fourth-order valence-electron chi connectivity index (χ4n) is 4.33. The second-order valence-electron chi connectivity index (χ2n) is 7.73. The molecule has 0 radical (unpaired) electrons. The summed E-state index contributed by atoms with van der Waals surface area (Å²) in [5.74, 6) is -1.86. The lowest BCUT2D eigenvalue weighted by Gasteiger charge is -2.15. The third-order valence-corrected chi connectivity index (χ3v) is 5.75. The van der Waals surface area contributed by atoms with Crippen molar-refractivity contribution in [2.45, 2.75) is 47.4 Å². The summed E-state index contributed by atoms with van der Waals surface area (Å²) in [6.07, 6.45) is 0. The average molecular weight is 389 g/mol. The molecule has 0 amide bonds. The summed E-state index contributed by atoms with van der Waals surface area (Å²) in [7, 11) is 1.80. The lowest BCUT2D eigenvalue weighted by Crippen LogP contribution is -2.37. The highest BCUT2D eigenvalue weighted by Gasteiger charge is 2.25. The van der Waals surface area contributed by atoms with Gasteiger partial charge < -0.3 is 4.42 Å². The molecule has 0 bridgehead atoms. The molecule has 146 valence electrons. The molecule has 0 N–H and O–H groups in total. The minimum Gasteiger partial charge on any atom is -0.456 e. The number of fused-ring (bicyclic) bond motifs is 3. The van der Waals surface area contributed by atoms with E-state index in [0.717, 1.165) is 27.5 Å². The van der Waals surface area contributed by atoms with E-state index in [2.05, 4.69) is 4.85 Å². The molecule has 2 heterocycles. The predicted octanol–water partition coefficient (Wildman–Crippen LogP) is 6.99. The van der Waals surface area contributed by atoms with Gasteiger partial charge in [0.15, 0.2) is 11.4 Å². The summed E-state index contributed by atoms with van der Waals surface area (Å²) in [5.41, 5.74) is 6.39. The molecule has 0 aliphatic carbocycles. The molecule has 3 nitrogen and oxygen atoms in total. The molecule has 2 aromatic carbocycles. The molecule has 0 saturated heterocycles. The van der Waals surface area contributed by atoms with E-state index in [4.69, 9.17) is 17.8 Å². The maximum atomic E-state index is 9.04. The Morgan fingerprint density at radius 2 is 1.93 bits per heavy atom. The SMILES string of the molecule is [2H]c1c(C)c(C([2H])(C)C([2H])([2H])[2H])c(C)[n+](C)c1-c1c(C)ccc2c1oc1cc([N+]#[C-])cc(C)c12. The Hall–Kier alpha value is -3.12. The van der Waals surface area contributed by atoms with Crippen molar-refractivity contribution in [2.75, 3.05) is 0 Å². The van der Waals surface area contributed by atoms with Crippen molar-refractivity contribution in [1.29, 1.82) is 0 Å². The van der Waals surface area contributed by atoms with Crippen molar-refractivity contribution >= 4 is 27.6 Å². The van der Waals surface area contributed by atoms with E-state index in [0.29, 0.717) is 39.4 Å².